The minimum atomic E-state index is -0.0798. The molecule has 138 valence electrons. The highest BCUT2D eigenvalue weighted by Crippen LogP contribution is 2.30. The summed E-state index contributed by atoms with van der Waals surface area (Å²) in [6, 6.07) is 15.4. The van der Waals surface area contributed by atoms with Gasteiger partial charge in [-0.1, -0.05) is 23.4 Å². The lowest BCUT2D eigenvalue weighted by Crippen LogP contribution is -2.37. The van der Waals surface area contributed by atoms with Gasteiger partial charge in [-0.3, -0.25) is 4.79 Å². The minimum absolute atomic E-state index is 0.0798. The summed E-state index contributed by atoms with van der Waals surface area (Å²) >= 11 is 0. The van der Waals surface area contributed by atoms with E-state index in [2.05, 4.69) is 20.5 Å². The number of carbonyl (C=O) groups is 1. The maximum atomic E-state index is 12.7. The first-order valence-corrected chi connectivity index (χ1v) is 8.90. The molecule has 0 bridgehead atoms. The van der Waals surface area contributed by atoms with Gasteiger partial charge in [-0.2, -0.15) is 0 Å². The molecule has 1 amide bonds. The van der Waals surface area contributed by atoms with Crippen LogP contribution in [0, 0.1) is 0 Å². The van der Waals surface area contributed by atoms with Gasteiger partial charge < -0.3 is 15.0 Å². The maximum Gasteiger partial charge on any atom is 0.251 e. The van der Waals surface area contributed by atoms with Gasteiger partial charge in [0.15, 0.2) is 0 Å². The average molecular weight is 363 g/mol. The quantitative estimate of drug-likeness (QED) is 0.753. The number of ether oxygens (including phenoxy) is 1. The Morgan fingerprint density at radius 1 is 1.22 bits per heavy atom. The molecule has 0 saturated carbocycles. The summed E-state index contributed by atoms with van der Waals surface area (Å²) in [5.74, 6) is 0.772. The monoisotopic (exact) mass is 363 g/mol. The highest BCUT2D eigenvalue weighted by Gasteiger charge is 2.26. The largest absolute Gasteiger partial charge is 0.495 e. The maximum absolute atomic E-state index is 12.7. The fourth-order valence-corrected chi connectivity index (χ4v) is 3.39. The molecular weight excluding hydrogens is 342 g/mol. The van der Waals surface area contributed by atoms with E-state index in [4.69, 9.17) is 4.74 Å². The number of amides is 1. The number of hydrogen-bond donors (Lipinski definition) is 1. The van der Waals surface area contributed by atoms with Crippen molar-refractivity contribution in [1.82, 2.24) is 20.3 Å². The fourth-order valence-electron chi connectivity index (χ4n) is 3.39. The van der Waals surface area contributed by atoms with Gasteiger partial charge in [-0.05, 0) is 36.8 Å². The molecule has 1 fully saturated rings. The molecule has 0 radical (unpaired) electrons. The molecule has 7 nitrogen and oxygen atoms in total. The minimum Gasteiger partial charge on any atom is -0.495 e. The second-order valence-corrected chi connectivity index (χ2v) is 6.47. The molecule has 2 aromatic carbocycles. The predicted molar refractivity (Wildman–Crippen MR) is 102 cm³/mol. The summed E-state index contributed by atoms with van der Waals surface area (Å²) in [6.45, 7) is 1.64. The average Bonchev–Trinajstić information content (AvgIpc) is 3.40. The van der Waals surface area contributed by atoms with Crippen molar-refractivity contribution in [2.45, 2.75) is 12.5 Å². The molecule has 1 atom stereocenters. The van der Waals surface area contributed by atoms with Crippen molar-refractivity contribution < 1.29 is 9.53 Å². The third-order valence-corrected chi connectivity index (χ3v) is 4.74. The van der Waals surface area contributed by atoms with Gasteiger partial charge in [0.2, 0.25) is 0 Å². The highest BCUT2D eigenvalue weighted by molar-refractivity contribution is 5.95. The highest BCUT2D eigenvalue weighted by atomic mass is 16.5. The van der Waals surface area contributed by atoms with Crippen LogP contribution in [0.3, 0.4) is 0 Å². The number of nitrogens with zero attached hydrogens (tertiary/aromatic N) is 4. The summed E-state index contributed by atoms with van der Waals surface area (Å²) < 4.78 is 7.08. The van der Waals surface area contributed by atoms with E-state index in [1.807, 2.05) is 48.5 Å². The molecule has 1 N–H and O–H groups in total. The first-order chi connectivity index (χ1) is 13.2. The van der Waals surface area contributed by atoms with E-state index in [-0.39, 0.29) is 11.9 Å². The Morgan fingerprint density at radius 2 is 2.11 bits per heavy atom. The van der Waals surface area contributed by atoms with Crippen LogP contribution in [0.2, 0.25) is 0 Å². The molecule has 27 heavy (non-hydrogen) atoms. The van der Waals surface area contributed by atoms with E-state index < -0.39 is 0 Å². The van der Waals surface area contributed by atoms with Crippen LogP contribution in [0.5, 0.6) is 5.75 Å². The summed E-state index contributed by atoms with van der Waals surface area (Å²) in [4.78, 5) is 14.9. The molecule has 3 aromatic rings. The van der Waals surface area contributed by atoms with Crippen LogP contribution in [0.25, 0.3) is 5.69 Å². The van der Waals surface area contributed by atoms with Crippen molar-refractivity contribution in [2.24, 2.45) is 0 Å². The number of anilines is 1. The zero-order valence-electron chi connectivity index (χ0n) is 15.1. The van der Waals surface area contributed by atoms with Crippen LogP contribution in [0.15, 0.2) is 60.9 Å². The van der Waals surface area contributed by atoms with Crippen molar-refractivity contribution in [3.8, 4) is 11.4 Å². The smallest absolute Gasteiger partial charge is 0.251 e. The Morgan fingerprint density at radius 3 is 2.93 bits per heavy atom. The molecule has 1 aliphatic rings. The van der Waals surface area contributed by atoms with Crippen LogP contribution < -0.4 is 15.0 Å². The molecule has 1 aromatic heterocycles. The molecule has 2 heterocycles. The number of methoxy groups -OCH3 is 1. The van der Waals surface area contributed by atoms with E-state index in [1.165, 1.54) is 0 Å². The molecule has 0 unspecified atom stereocenters. The number of nitrogens with one attached hydrogen (secondary N) is 1. The first kappa shape index (κ1) is 17.1. The summed E-state index contributed by atoms with van der Waals surface area (Å²) in [6.07, 6.45) is 4.25. The standard InChI is InChI=1S/C20H21N5O2/c1-27-19-8-3-2-7-18(19)24-11-9-16(14-24)22-20(26)15-5-4-6-17(13-15)25-12-10-21-23-25/h2-8,10,12-13,16H,9,11,14H2,1H3,(H,22,26)/t16-/m1/s1. The number of benzene rings is 2. The van der Waals surface area contributed by atoms with Crippen LogP contribution >= 0.6 is 0 Å². The predicted octanol–water partition coefficient (Wildman–Crippen LogP) is 2.28. The van der Waals surface area contributed by atoms with Gasteiger partial charge >= 0.3 is 0 Å². The summed E-state index contributed by atoms with van der Waals surface area (Å²) in [7, 11) is 1.68. The number of rotatable bonds is 5. The topological polar surface area (TPSA) is 72.3 Å². The molecule has 1 saturated heterocycles. The SMILES string of the molecule is COc1ccccc1N1CC[C@@H](NC(=O)c2cccc(-n3ccnn3)c2)C1. The van der Waals surface area contributed by atoms with Crippen LogP contribution in [-0.4, -0.2) is 47.1 Å². The Kier molecular flexibility index (Phi) is 4.74. The molecule has 0 aliphatic carbocycles. The number of carbonyl (C=O) groups excluding carboxylic acids is 1. The number of hydrogen-bond acceptors (Lipinski definition) is 5. The van der Waals surface area contributed by atoms with E-state index in [1.54, 1.807) is 24.2 Å². The Bertz CT molecular complexity index is 926. The Balaban J connectivity index is 1.43. The molecule has 4 rings (SSSR count). The molecule has 1 aliphatic heterocycles. The molecule has 7 heteroatoms. The van der Waals surface area contributed by atoms with Gasteiger partial charge in [0.25, 0.3) is 5.91 Å². The van der Waals surface area contributed by atoms with Crippen molar-refractivity contribution >= 4 is 11.6 Å². The van der Waals surface area contributed by atoms with Gasteiger partial charge in [-0.15, -0.1) is 5.10 Å². The fraction of sp³-hybridized carbons (Fsp3) is 0.250. The zero-order valence-corrected chi connectivity index (χ0v) is 15.1. The van der Waals surface area contributed by atoms with E-state index in [0.717, 1.165) is 36.6 Å². The molecule has 0 spiro atoms. The summed E-state index contributed by atoms with van der Waals surface area (Å²) in [5, 5.41) is 10.9. The Hall–Kier alpha value is -3.35. The normalized spacial score (nSPS) is 16.3. The van der Waals surface area contributed by atoms with Crippen molar-refractivity contribution in [3.05, 3.63) is 66.5 Å². The van der Waals surface area contributed by atoms with Gasteiger partial charge in [0.05, 0.1) is 30.9 Å². The lowest BCUT2D eigenvalue weighted by Gasteiger charge is -2.21. The zero-order chi connectivity index (χ0) is 18.6. The van der Waals surface area contributed by atoms with E-state index in [0.29, 0.717) is 5.56 Å². The van der Waals surface area contributed by atoms with Gasteiger partial charge in [0.1, 0.15) is 5.75 Å². The van der Waals surface area contributed by atoms with Gasteiger partial charge in [-0.25, -0.2) is 4.68 Å². The number of para-hydroxylation sites is 2. The van der Waals surface area contributed by atoms with E-state index >= 15 is 0 Å². The van der Waals surface area contributed by atoms with Crippen LogP contribution in [-0.2, 0) is 0 Å². The Labute approximate surface area is 157 Å². The lowest BCUT2D eigenvalue weighted by atomic mass is 10.1. The van der Waals surface area contributed by atoms with E-state index in [9.17, 15) is 4.79 Å². The van der Waals surface area contributed by atoms with Crippen molar-refractivity contribution in [2.75, 3.05) is 25.1 Å². The van der Waals surface area contributed by atoms with Crippen LogP contribution in [0.1, 0.15) is 16.8 Å². The molecular formula is C20H21N5O2. The van der Waals surface area contributed by atoms with Crippen molar-refractivity contribution in [3.63, 3.8) is 0 Å². The van der Waals surface area contributed by atoms with Crippen LogP contribution in [0.4, 0.5) is 5.69 Å². The first-order valence-electron chi connectivity index (χ1n) is 8.90. The summed E-state index contributed by atoms with van der Waals surface area (Å²) in [5.41, 5.74) is 2.48. The third kappa shape index (κ3) is 3.62. The van der Waals surface area contributed by atoms with Gasteiger partial charge in [0, 0.05) is 24.7 Å². The lowest BCUT2D eigenvalue weighted by molar-refractivity contribution is 0.0940. The third-order valence-electron chi connectivity index (χ3n) is 4.74. The second-order valence-electron chi connectivity index (χ2n) is 6.47. The van der Waals surface area contributed by atoms with Crippen molar-refractivity contribution in [1.29, 1.82) is 0 Å². The number of aromatic nitrogens is 3. The second kappa shape index (κ2) is 7.49.